The van der Waals surface area contributed by atoms with Crippen LogP contribution in [0.2, 0.25) is 6.04 Å². The van der Waals surface area contributed by atoms with Gasteiger partial charge in [0.1, 0.15) is 0 Å². The molecule has 1 aliphatic heterocycles. The summed E-state index contributed by atoms with van der Waals surface area (Å²) in [7, 11) is 0.652. The fraction of sp³-hybridized carbons (Fsp3) is 1.00. The lowest BCUT2D eigenvalue weighted by Gasteiger charge is -2.30. The van der Waals surface area contributed by atoms with Gasteiger partial charge >= 0.3 is 18.3 Å². The third-order valence-corrected chi connectivity index (χ3v) is 8.22. The zero-order chi connectivity index (χ0) is 21.8. The molecule has 0 aromatic rings. The molecule has 1 fully saturated rings. The van der Waals surface area contributed by atoms with Gasteiger partial charge in [0, 0.05) is 66.3 Å². The highest BCUT2D eigenvalue weighted by molar-refractivity contribution is 6.60. The third kappa shape index (κ3) is 15.0. The Morgan fingerprint density at radius 2 is 1.39 bits per heavy atom. The molecule has 0 amide bonds. The number of nitrogens with two attached hydrogens (primary N) is 2. The Morgan fingerprint density at radius 3 is 1.54 bits per heavy atom. The van der Waals surface area contributed by atoms with E-state index in [4.69, 9.17) is 38.0 Å². The molecule has 0 aromatic heterocycles. The van der Waals surface area contributed by atoms with Crippen LogP contribution in [0.5, 0.6) is 0 Å². The van der Waals surface area contributed by atoms with Gasteiger partial charge in [0.2, 0.25) is 0 Å². The van der Waals surface area contributed by atoms with E-state index in [1.165, 1.54) is 0 Å². The summed E-state index contributed by atoms with van der Waals surface area (Å²) in [6.07, 6.45) is 0.895. The van der Waals surface area contributed by atoms with Crippen molar-refractivity contribution in [2.45, 2.75) is 46.2 Å². The number of nitrogens with one attached hydrogen (secondary N) is 1. The van der Waals surface area contributed by atoms with Crippen LogP contribution in [0.4, 0.5) is 0 Å². The maximum Gasteiger partial charge on any atom is 0.500 e. The summed E-state index contributed by atoms with van der Waals surface area (Å²) in [6.45, 7) is 12.7. The number of rotatable bonds is 13. The molecule has 5 N–H and O–H groups in total. The van der Waals surface area contributed by atoms with Crippen molar-refractivity contribution in [2.75, 3.05) is 60.8 Å². The van der Waals surface area contributed by atoms with E-state index >= 15 is 0 Å². The summed E-state index contributed by atoms with van der Waals surface area (Å²) in [5.41, 5.74) is 11.0. The van der Waals surface area contributed by atoms with E-state index in [1.807, 2.05) is 20.8 Å². The second-order valence-electron chi connectivity index (χ2n) is 6.15. The predicted molar refractivity (Wildman–Crippen MR) is 117 cm³/mol. The van der Waals surface area contributed by atoms with E-state index in [9.17, 15) is 0 Å². The Bertz CT molecular complexity index is 299. The highest BCUT2D eigenvalue weighted by Crippen LogP contribution is 2.17. The van der Waals surface area contributed by atoms with Crippen LogP contribution in [0.3, 0.4) is 0 Å². The van der Waals surface area contributed by atoms with Crippen molar-refractivity contribution in [3.8, 4) is 0 Å². The molecule has 11 heteroatoms. The van der Waals surface area contributed by atoms with E-state index in [1.54, 1.807) is 21.3 Å². The Morgan fingerprint density at radius 1 is 0.964 bits per heavy atom. The van der Waals surface area contributed by atoms with Gasteiger partial charge in [-0.3, -0.25) is 0 Å². The first-order valence-corrected chi connectivity index (χ1v) is 13.4. The van der Waals surface area contributed by atoms with Crippen LogP contribution < -0.4 is 16.8 Å². The van der Waals surface area contributed by atoms with Crippen LogP contribution in [-0.2, 0) is 26.6 Å². The third-order valence-electron chi connectivity index (χ3n) is 3.91. The first-order chi connectivity index (χ1) is 13.4. The average molecular weight is 444 g/mol. The molecule has 1 saturated heterocycles. The molecule has 0 radical (unpaired) electrons. The van der Waals surface area contributed by atoms with Crippen molar-refractivity contribution in [2.24, 2.45) is 17.4 Å². The molecule has 1 atom stereocenters. The van der Waals surface area contributed by atoms with Crippen LogP contribution in [0.1, 0.15) is 34.1 Å². The predicted octanol–water partition coefficient (Wildman–Crippen LogP) is 0.579. The van der Waals surface area contributed by atoms with Gasteiger partial charge in [0.15, 0.2) is 0 Å². The summed E-state index contributed by atoms with van der Waals surface area (Å²) in [5.74, 6) is 0.750. The number of hydrogen-bond donors (Lipinski definition) is 3. The Labute approximate surface area is 175 Å². The summed E-state index contributed by atoms with van der Waals surface area (Å²) >= 11 is 0. The van der Waals surface area contributed by atoms with Crippen LogP contribution in [0, 0.1) is 5.92 Å². The lowest BCUT2D eigenvalue weighted by molar-refractivity contribution is 0.0710. The van der Waals surface area contributed by atoms with E-state index in [-0.39, 0.29) is 0 Å². The molecule has 1 unspecified atom stereocenters. The van der Waals surface area contributed by atoms with Crippen LogP contribution in [0.25, 0.3) is 0 Å². The lowest BCUT2D eigenvalue weighted by atomic mass is 9.96. The Kier molecular flexibility index (Phi) is 22.0. The molecule has 9 nitrogen and oxygen atoms in total. The summed E-state index contributed by atoms with van der Waals surface area (Å²) in [4.78, 5) is 0. The van der Waals surface area contributed by atoms with Gasteiger partial charge in [-0.05, 0) is 46.6 Å². The topological polar surface area (TPSA) is 119 Å². The van der Waals surface area contributed by atoms with Gasteiger partial charge in [-0.25, -0.2) is 0 Å². The highest BCUT2D eigenvalue weighted by Gasteiger charge is 2.39. The van der Waals surface area contributed by atoms with Crippen LogP contribution in [-0.4, -0.2) is 85.2 Å². The highest BCUT2D eigenvalue weighted by atomic mass is 28.4. The van der Waals surface area contributed by atoms with Crippen molar-refractivity contribution in [1.82, 2.24) is 5.32 Å². The first kappa shape index (κ1) is 30.3. The maximum atomic E-state index is 5.65. The summed E-state index contributed by atoms with van der Waals surface area (Å²) in [5, 5.41) is 3.16. The van der Waals surface area contributed by atoms with E-state index in [2.05, 4.69) is 12.2 Å². The maximum absolute atomic E-state index is 5.65. The Balaban J connectivity index is 0. The van der Waals surface area contributed by atoms with Crippen molar-refractivity contribution in [3.05, 3.63) is 0 Å². The zero-order valence-corrected chi connectivity index (χ0v) is 21.1. The molecule has 28 heavy (non-hydrogen) atoms. The summed E-state index contributed by atoms with van der Waals surface area (Å²) < 4.78 is 31.2. The van der Waals surface area contributed by atoms with Gasteiger partial charge in [0.25, 0.3) is 0 Å². The summed E-state index contributed by atoms with van der Waals surface area (Å²) in [6, 6.07) is 1.21. The minimum atomic E-state index is -2.40. The lowest BCUT2D eigenvalue weighted by Crippen LogP contribution is -2.50. The fourth-order valence-corrected chi connectivity index (χ4v) is 5.51. The second-order valence-corrected chi connectivity index (χ2v) is 10.9. The molecule has 0 spiro atoms. The van der Waals surface area contributed by atoms with Crippen molar-refractivity contribution in [3.63, 3.8) is 0 Å². The fourth-order valence-electron chi connectivity index (χ4n) is 2.29. The van der Waals surface area contributed by atoms with E-state index < -0.39 is 18.3 Å². The normalized spacial score (nSPS) is 15.2. The van der Waals surface area contributed by atoms with Gasteiger partial charge < -0.3 is 43.3 Å². The molecule has 1 heterocycles. The standard InChI is InChI=1S/C9H23NO3Si.C5H12N2.C3H10O3Si/c1-4-11-14(12-5-2,13-6-3)9-7-8-10;1-4(6)5-2-7-3-5;1-4-7(5-2)6-3/h4-10H2,1-3H3;4-5,7H,2-3,6H2,1H3;7H,1-3H3. The SMILES string of the molecule is CC(N)C1CNC1.CCO[Si](CCCN)(OCC)OCC.CO[SiH](OC)OC. The monoisotopic (exact) mass is 443 g/mol. The van der Waals surface area contributed by atoms with Crippen molar-refractivity contribution >= 4 is 18.3 Å². The van der Waals surface area contributed by atoms with E-state index in [0.717, 1.165) is 31.5 Å². The van der Waals surface area contributed by atoms with Gasteiger partial charge in [-0.2, -0.15) is 0 Å². The second kappa shape index (κ2) is 20.4. The average Bonchev–Trinajstić information content (AvgIpc) is 2.61. The minimum Gasteiger partial charge on any atom is -0.379 e. The Hall–Kier alpha value is 0.0738. The molecular formula is C17H45N3O6Si2. The van der Waals surface area contributed by atoms with Crippen LogP contribution in [0.15, 0.2) is 0 Å². The molecule has 1 rings (SSSR count). The van der Waals surface area contributed by atoms with Gasteiger partial charge in [0.05, 0.1) is 0 Å². The molecule has 1 aliphatic rings. The molecule has 0 aromatic carbocycles. The minimum absolute atomic E-state index is 0.390. The zero-order valence-electron chi connectivity index (χ0n) is 19.0. The molecule has 0 bridgehead atoms. The molecule has 0 saturated carbocycles. The number of hydrogen-bond acceptors (Lipinski definition) is 9. The van der Waals surface area contributed by atoms with Gasteiger partial charge in [-0.1, -0.05) is 0 Å². The van der Waals surface area contributed by atoms with Crippen LogP contribution >= 0.6 is 0 Å². The smallest absolute Gasteiger partial charge is 0.379 e. The molecule has 0 aliphatic carbocycles. The quantitative estimate of drug-likeness (QED) is 0.351. The first-order valence-electron chi connectivity index (χ1n) is 10.1. The van der Waals surface area contributed by atoms with Crippen molar-refractivity contribution in [1.29, 1.82) is 0 Å². The molecule has 172 valence electrons. The van der Waals surface area contributed by atoms with Crippen molar-refractivity contribution < 1.29 is 26.6 Å². The van der Waals surface area contributed by atoms with E-state index in [0.29, 0.717) is 32.4 Å². The largest absolute Gasteiger partial charge is 0.500 e. The van der Waals surface area contributed by atoms with Gasteiger partial charge in [-0.15, -0.1) is 0 Å². The molecular weight excluding hydrogens is 398 g/mol.